The molecule has 2 aliphatic rings. The van der Waals surface area contributed by atoms with Crippen molar-refractivity contribution in [3.8, 4) is 0 Å². The number of nitrogens with two attached hydrogens (primary N) is 1. The SMILES string of the molecule is NC(=NCCCOCC1CCCO1)N1CCN(c2nccs2)CC1. The number of anilines is 1. The maximum Gasteiger partial charge on any atom is 0.191 e. The number of aromatic nitrogens is 1. The summed E-state index contributed by atoms with van der Waals surface area (Å²) in [6, 6.07) is 0. The molecule has 0 bridgehead atoms. The van der Waals surface area contributed by atoms with Crippen LogP contribution in [0.1, 0.15) is 19.3 Å². The van der Waals surface area contributed by atoms with Gasteiger partial charge in [0.25, 0.3) is 0 Å². The fourth-order valence-corrected chi connectivity index (χ4v) is 3.65. The minimum Gasteiger partial charge on any atom is -0.379 e. The van der Waals surface area contributed by atoms with Crippen molar-refractivity contribution < 1.29 is 9.47 Å². The fourth-order valence-electron chi connectivity index (χ4n) is 2.95. The van der Waals surface area contributed by atoms with Crippen LogP contribution in [0.5, 0.6) is 0 Å². The van der Waals surface area contributed by atoms with Crippen LogP contribution in [0.4, 0.5) is 5.13 Å². The van der Waals surface area contributed by atoms with Gasteiger partial charge in [-0.3, -0.25) is 4.99 Å². The molecule has 2 fully saturated rings. The Kier molecular flexibility index (Phi) is 6.68. The predicted molar refractivity (Wildman–Crippen MR) is 96.8 cm³/mol. The Bertz CT molecular complexity index is 497. The first-order valence-electron chi connectivity index (χ1n) is 8.71. The Balaban J connectivity index is 1.28. The van der Waals surface area contributed by atoms with E-state index in [-0.39, 0.29) is 0 Å². The molecule has 0 spiro atoms. The first kappa shape index (κ1) is 17.4. The summed E-state index contributed by atoms with van der Waals surface area (Å²) >= 11 is 1.68. The zero-order valence-corrected chi connectivity index (χ0v) is 14.9. The van der Waals surface area contributed by atoms with E-state index in [1.807, 2.05) is 11.6 Å². The summed E-state index contributed by atoms with van der Waals surface area (Å²) in [5, 5.41) is 3.10. The Morgan fingerprint density at radius 1 is 1.42 bits per heavy atom. The molecule has 3 rings (SSSR count). The fraction of sp³-hybridized carbons (Fsp3) is 0.750. The molecular weight excluding hydrogens is 326 g/mol. The Morgan fingerprint density at radius 3 is 3.00 bits per heavy atom. The van der Waals surface area contributed by atoms with E-state index in [9.17, 15) is 0 Å². The van der Waals surface area contributed by atoms with Crippen LogP contribution in [0.25, 0.3) is 0 Å². The maximum atomic E-state index is 6.11. The minimum absolute atomic E-state index is 0.299. The van der Waals surface area contributed by atoms with Gasteiger partial charge in [0.15, 0.2) is 11.1 Å². The van der Waals surface area contributed by atoms with E-state index < -0.39 is 0 Å². The van der Waals surface area contributed by atoms with Crippen LogP contribution in [0.3, 0.4) is 0 Å². The summed E-state index contributed by atoms with van der Waals surface area (Å²) < 4.78 is 11.2. The number of nitrogens with zero attached hydrogens (tertiary/aromatic N) is 4. The third kappa shape index (κ3) is 5.06. The molecule has 1 atom stereocenters. The zero-order chi connectivity index (χ0) is 16.6. The van der Waals surface area contributed by atoms with Crippen LogP contribution in [0, 0.1) is 0 Å². The molecule has 0 saturated carbocycles. The van der Waals surface area contributed by atoms with Gasteiger partial charge in [-0.15, -0.1) is 11.3 Å². The van der Waals surface area contributed by atoms with Crippen molar-refractivity contribution in [2.24, 2.45) is 10.7 Å². The molecule has 2 N–H and O–H groups in total. The lowest BCUT2D eigenvalue weighted by Crippen LogP contribution is -2.51. The highest BCUT2D eigenvalue weighted by Crippen LogP contribution is 2.18. The van der Waals surface area contributed by atoms with Gasteiger partial charge in [-0.1, -0.05) is 0 Å². The number of ether oxygens (including phenoxy) is 2. The average Bonchev–Trinajstić information content (AvgIpc) is 3.31. The number of guanidine groups is 1. The summed E-state index contributed by atoms with van der Waals surface area (Å²) in [7, 11) is 0. The van der Waals surface area contributed by atoms with Crippen molar-refractivity contribution >= 4 is 22.4 Å². The molecule has 0 radical (unpaired) electrons. The maximum absolute atomic E-state index is 6.11. The van der Waals surface area contributed by atoms with E-state index in [4.69, 9.17) is 15.2 Å². The van der Waals surface area contributed by atoms with Gasteiger partial charge in [-0.05, 0) is 19.3 Å². The van der Waals surface area contributed by atoms with Crippen molar-refractivity contribution in [2.75, 3.05) is 57.4 Å². The second-order valence-electron chi connectivity index (χ2n) is 6.09. The van der Waals surface area contributed by atoms with Gasteiger partial charge in [0.2, 0.25) is 0 Å². The van der Waals surface area contributed by atoms with E-state index in [1.165, 1.54) is 0 Å². The molecule has 7 nitrogen and oxygen atoms in total. The number of aliphatic imine (C=N–C) groups is 1. The monoisotopic (exact) mass is 353 g/mol. The smallest absolute Gasteiger partial charge is 0.191 e. The van der Waals surface area contributed by atoms with E-state index >= 15 is 0 Å². The summed E-state index contributed by atoms with van der Waals surface area (Å²) in [6.07, 6.45) is 5.32. The second-order valence-corrected chi connectivity index (χ2v) is 6.97. The van der Waals surface area contributed by atoms with Crippen molar-refractivity contribution in [3.63, 3.8) is 0 Å². The van der Waals surface area contributed by atoms with Gasteiger partial charge < -0.3 is 25.0 Å². The van der Waals surface area contributed by atoms with Crippen molar-refractivity contribution in [1.82, 2.24) is 9.88 Å². The largest absolute Gasteiger partial charge is 0.379 e. The standard InChI is InChI=1S/C16H27N5O2S/c17-15(18-4-2-10-22-13-14-3-1-11-23-14)20-6-8-21(9-7-20)16-19-5-12-24-16/h5,12,14H,1-4,6-11,13H2,(H2,17,18). The Labute approximate surface area is 147 Å². The number of hydrogen-bond donors (Lipinski definition) is 1. The first-order valence-corrected chi connectivity index (χ1v) is 9.59. The van der Waals surface area contributed by atoms with Gasteiger partial charge in [0, 0.05) is 57.5 Å². The van der Waals surface area contributed by atoms with Crippen LogP contribution in [0.15, 0.2) is 16.6 Å². The second kappa shape index (κ2) is 9.19. The van der Waals surface area contributed by atoms with Gasteiger partial charge >= 0.3 is 0 Å². The Morgan fingerprint density at radius 2 is 2.29 bits per heavy atom. The molecule has 24 heavy (non-hydrogen) atoms. The van der Waals surface area contributed by atoms with Crippen LogP contribution >= 0.6 is 11.3 Å². The number of piperazine rings is 1. The summed E-state index contributed by atoms with van der Waals surface area (Å²) in [6.45, 7) is 6.68. The molecule has 2 saturated heterocycles. The van der Waals surface area contributed by atoms with Crippen LogP contribution < -0.4 is 10.6 Å². The zero-order valence-electron chi connectivity index (χ0n) is 14.1. The molecular formula is C16H27N5O2S. The van der Waals surface area contributed by atoms with Gasteiger partial charge in [0.1, 0.15) is 0 Å². The molecule has 0 amide bonds. The molecule has 0 aromatic carbocycles. The van der Waals surface area contributed by atoms with Crippen LogP contribution in [-0.4, -0.2) is 74.5 Å². The Hall–Kier alpha value is -1.38. The normalized spacial score (nSPS) is 22.3. The van der Waals surface area contributed by atoms with E-state index in [2.05, 4.69) is 19.8 Å². The van der Waals surface area contributed by atoms with Crippen LogP contribution in [0.2, 0.25) is 0 Å². The lowest BCUT2D eigenvalue weighted by Gasteiger charge is -2.35. The van der Waals surface area contributed by atoms with Crippen LogP contribution in [-0.2, 0) is 9.47 Å². The molecule has 2 aliphatic heterocycles. The number of hydrogen-bond acceptors (Lipinski definition) is 6. The molecule has 1 unspecified atom stereocenters. The molecule has 8 heteroatoms. The molecule has 134 valence electrons. The van der Waals surface area contributed by atoms with Gasteiger partial charge in [-0.2, -0.15) is 0 Å². The van der Waals surface area contributed by atoms with Crippen molar-refractivity contribution in [3.05, 3.63) is 11.6 Å². The predicted octanol–water partition coefficient (Wildman–Crippen LogP) is 1.17. The van der Waals surface area contributed by atoms with Gasteiger partial charge in [0.05, 0.1) is 12.7 Å². The lowest BCUT2D eigenvalue weighted by atomic mass is 10.2. The third-order valence-corrected chi connectivity index (χ3v) is 5.17. The van der Waals surface area contributed by atoms with Crippen molar-refractivity contribution in [1.29, 1.82) is 0 Å². The molecule has 1 aromatic rings. The van der Waals surface area contributed by atoms with E-state index in [1.54, 1.807) is 11.3 Å². The van der Waals surface area contributed by atoms with E-state index in [0.29, 0.717) is 31.8 Å². The highest BCUT2D eigenvalue weighted by molar-refractivity contribution is 7.13. The molecule has 1 aromatic heterocycles. The minimum atomic E-state index is 0.299. The lowest BCUT2D eigenvalue weighted by molar-refractivity contribution is 0.0170. The number of thiazole rings is 1. The van der Waals surface area contributed by atoms with Crippen molar-refractivity contribution in [2.45, 2.75) is 25.4 Å². The molecule has 0 aliphatic carbocycles. The first-order chi connectivity index (χ1) is 11.8. The quantitative estimate of drug-likeness (QED) is 0.450. The average molecular weight is 353 g/mol. The highest BCUT2D eigenvalue weighted by Gasteiger charge is 2.19. The van der Waals surface area contributed by atoms with Gasteiger partial charge in [-0.25, -0.2) is 4.98 Å². The number of rotatable bonds is 7. The molecule has 3 heterocycles. The summed E-state index contributed by atoms with van der Waals surface area (Å²) in [5.74, 6) is 0.646. The van der Waals surface area contributed by atoms with E-state index in [0.717, 1.165) is 57.2 Å². The summed E-state index contributed by atoms with van der Waals surface area (Å²) in [5.41, 5.74) is 6.11. The summed E-state index contributed by atoms with van der Waals surface area (Å²) in [4.78, 5) is 13.3. The highest BCUT2D eigenvalue weighted by atomic mass is 32.1. The third-order valence-electron chi connectivity index (χ3n) is 4.34. The topological polar surface area (TPSA) is 76.2 Å².